The molecular formula is C30H48O5. The van der Waals surface area contributed by atoms with Crippen LogP contribution in [0.15, 0.2) is 11.6 Å². The summed E-state index contributed by atoms with van der Waals surface area (Å²) in [5.41, 5.74) is -0.260. The van der Waals surface area contributed by atoms with Gasteiger partial charge in [0.15, 0.2) is 0 Å². The second-order valence-electron chi connectivity index (χ2n) is 14.9. The second-order valence-corrected chi connectivity index (χ2v) is 14.9. The van der Waals surface area contributed by atoms with Gasteiger partial charge in [-0.25, -0.2) is 0 Å². The van der Waals surface area contributed by atoms with Crippen LogP contribution in [0.2, 0.25) is 0 Å². The SMILES string of the molecule is CC1(C)C[C@H]2C3=CC[C@@H]4[C@@]5(C)CC[C@H](O)[C@@](C)(CO)[C@@H]5CC[C@@]4(C)[C@]3(C)CC[C@@]2(C(=O)O)C[C@@H]1O. The summed E-state index contributed by atoms with van der Waals surface area (Å²) in [5.74, 6) is -0.0366. The lowest BCUT2D eigenvalue weighted by Gasteiger charge is -2.71. The van der Waals surface area contributed by atoms with Crippen LogP contribution in [0.3, 0.4) is 0 Å². The predicted octanol–water partition coefficient (Wildman–Crippen LogP) is 5.18. The minimum Gasteiger partial charge on any atom is -0.481 e. The molecule has 0 amide bonds. The molecular weight excluding hydrogens is 440 g/mol. The summed E-state index contributed by atoms with van der Waals surface area (Å²) < 4.78 is 0. The Morgan fingerprint density at radius 1 is 0.914 bits per heavy atom. The lowest BCUT2D eigenvalue weighted by molar-refractivity contribution is -0.218. The molecule has 0 aromatic heterocycles. The molecule has 5 aliphatic rings. The molecule has 198 valence electrons. The molecule has 5 aliphatic carbocycles. The van der Waals surface area contributed by atoms with Crippen molar-refractivity contribution in [3.05, 3.63) is 11.6 Å². The highest BCUT2D eigenvalue weighted by Gasteiger charge is 2.70. The first-order valence-electron chi connectivity index (χ1n) is 14.0. The highest BCUT2D eigenvalue weighted by atomic mass is 16.4. The molecule has 0 saturated heterocycles. The van der Waals surface area contributed by atoms with E-state index in [2.05, 4.69) is 47.6 Å². The van der Waals surface area contributed by atoms with Crippen molar-refractivity contribution in [1.82, 2.24) is 0 Å². The summed E-state index contributed by atoms with van der Waals surface area (Å²) >= 11 is 0. The molecule has 0 aromatic carbocycles. The van der Waals surface area contributed by atoms with Crippen molar-refractivity contribution in [2.75, 3.05) is 6.61 Å². The van der Waals surface area contributed by atoms with Crippen molar-refractivity contribution in [1.29, 1.82) is 0 Å². The zero-order chi connectivity index (χ0) is 25.8. The van der Waals surface area contributed by atoms with Crippen molar-refractivity contribution >= 4 is 5.97 Å². The molecule has 10 atom stereocenters. The van der Waals surface area contributed by atoms with Gasteiger partial charge in [-0.15, -0.1) is 0 Å². The Balaban J connectivity index is 1.60. The van der Waals surface area contributed by atoms with Crippen molar-refractivity contribution in [3.8, 4) is 0 Å². The smallest absolute Gasteiger partial charge is 0.310 e. The van der Waals surface area contributed by atoms with E-state index in [0.717, 1.165) is 44.9 Å². The van der Waals surface area contributed by atoms with Crippen LogP contribution >= 0.6 is 0 Å². The third-order valence-electron chi connectivity index (χ3n) is 13.4. The van der Waals surface area contributed by atoms with E-state index in [1.165, 1.54) is 5.57 Å². The molecule has 5 heteroatoms. The van der Waals surface area contributed by atoms with Crippen LogP contribution in [0, 0.1) is 50.2 Å². The Morgan fingerprint density at radius 2 is 1.60 bits per heavy atom. The molecule has 0 radical (unpaired) electrons. The van der Waals surface area contributed by atoms with E-state index in [0.29, 0.717) is 18.8 Å². The van der Waals surface area contributed by atoms with Gasteiger partial charge in [0.2, 0.25) is 0 Å². The molecule has 0 aromatic rings. The van der Waals surface area contributed by atoms with Crippen molar-refractivity contribution in [2.45, 2.75) is 112 Å². The molecule has 5 rings (SSSR count). The first-order valence-corrected chi connectivity index (χ1v) is 14.0. The van der Waals surface area contributed by atoms with Gasteiger partial charge in [0.1, 0.15) is 0 Å². The number of aliphatic hydroxyl groups excluding tert-OH is 3. The summed E-state index contributed by atoms with van der Waals surface area (Å²) in [7, 11) is 0. The van der Waals surface area contributed by atoms with E-state index in [4.69, 9.17) is 0 Å². The predicted molar refractivity (Wildman–Crippen MR) is 135 cm³/mol. The van der Waals surface area contributed by atoms with E-state index in [9.17, 15) is 25.2 Å². The largest absolute Gasteiger partial charge is 0.481 e. The number of fused-ring (bicyclic) bond motifs is 7. The fourth-order valence-electron chi connectivity index (χ4n) is 10.6. The maximum absolute atomic E-state index is 12.8. The van der Waals surface area contributed by atoms with Gasteiger partial charge in [-0.3, -0.25) is 4.79 Å². The average Bonchev–Trinajstić information content (AvgIpc) is 2.78. The van der Waals surface area contributed by atoms with Gasteiger partial charge in [-0.05, 0) is 97.2 Å². The number of hydrogen-bond donors (Lipinski definition) is 4. The fraction of sp³-hybridized carbons (Fsp3) is 0.900. The Bertz CT molecular complexity index is 941. The lowest BCUT2D eigenvalue weighted by Crippen LogP contribution is -2.66. The summed E-state index contributed by atoms with van der Waals surface area (Å²) in [6.07, 6.45) is 8.64. The summed E-state index contributed by atoms with van der Waals surface area (Å²) in [4.78, 5) is 12.8. The highest BCUT2D eigenvalue weighted by Crippen LogP contribution is 2.75. The minimum absolute atomic E-state index is 0.0246. The van der Waals surface area contributed by atoms with Crippen LogP contribution in [0.4, 0.5) is 0 Å². The maximum atomic E-state index is 12.8. The number of aliphatic carboxylic acids is 1. The normalized spacial score (nSPS) is 55.0. The van der Waals surface area contributed by atoms with Gasteiger partial charge >= 0.3 is 5.97 Å². The first kappa shape index (κ1) is 25.7. The van der Waals surface area contributed by atoms with Gasteiger partial charge in [0.25, 0.3) is 0 Å². The number of aliphatic hydroxyl groups is 3. The van der Waals surface area contributed by atoms with Crippen LogP contribution < -0.4 is 0 Å². The van der Waals surface area contributed by atoms with Gasteiger partial charge in [-0.1, -0.05) is 53.2 Å². The van der Waals surface area contributed by atoms with Crippen LogP contribution in [0.5, 0.6) is 0 Å². The van der Waals surface area contributed by atoms with Crippen LogP contribution in [0.25, 0.3) is 0 Å². The number of allylic oxidation sites excluding steroid dienone is 2. The minimum atomic E-state index is -0.866. The van der Waals surface area contributed by atoms with Gasteiger partial charge < -0.3 is 20.4 Å². The monoisotopic (exact) mass is 488 g/mol. The first-order chi connectivity index (χ1) is 16.1. The Kier molecular flexibility index (Phi) is 5.56. The maximum Gasteiger partial charge on any atom is 0.310 e. The summed E-state index contributed by atoms with van der Waals surface area (Å²) in [6.45, 7) is 13.6. The zero-order valence-electron chi connectivity index (χ0n) is 22.7. The van der Waals surface area contributed by atoms with Crippen LogP contribution in [-0.4, -0.2) is 45.2 Å². The van der Waals surface area contributed by atoms with E-state index in [1.54, 1.807) is 0 Å². The van der Waals surface area contributed by atoms with Crippen LogP contribution in [0.1, 0.15) is 99.3 Å². The number of carbonyl (C=O) groups is 1. The molecule has 4 N–H and O–H groups in total. The van der Waals surface area contributed by atoms with Gasteiger partial charge in [0.05, 0.1) is 24.2 Å². The lowest BCUT2D eigenvalue weighted by atomic mass is 9.33. The molecule has 4 saturated carbocycles. The Hall–Kier alpha value is -0.910. The van der Waals surface area contributed by atoms with Gasteiger partial charge in [0, 0.05) is 5.41 Å². The van der Waals surface area contributed by atoms with E-state index >= 15 is 0 Å². The summed E-state index contributed by atoms with van der Waals surface area (Å²) in [6, 6.07) is 0. The molecule has 0 unspecified atom stereocenters. The van der Waals surface area contributed by atoms with Crippen LogP contribution in [-0.2, 0) is 4.79 Å². The number of rotatable bonds is 2. The molecule has 5 nitrogen and oxygen atoms in total. The number of hydrogen-bond acceptors (Lipinski definition) is 4. The van der Waals surface area contributed by atoms with Gasteiger partial charge in [-0.2, -0.15) is 0 Å². The fourth-order valence-corrected chi connectivity index (χ4v) is 10.6. The zero-order valence-corrected chi connectivity index (χ0v) is 22.7. The highest BCUT2D eigenvalue weighted by molar-refractivity contribution is 5.77. The molecule has 35 heavy (non-hydrogen) atoms. The van der Waals surface area contributed by atoms with Crippen molar-refractivity contribution in [3.63, 3.8) is 0 Å². The molecule has 4 fully saturated rings. The van der Waals surface area contributed by atoms with Crippen molar-refractivity contribution in [2.24, 2.45) is 50.2 Å². The van der Waals surface area contributed by atoms with E-state index in [-0.39, 0.29) is 40.1 Å². The molecule has 0 heterocycles. The molecule has 0 aliphatic heterocycles. The Morgan fingerprint density at radius 3 is 2.23 bits per heavy atom. The number of carboxylic acids is 1. The second kappa shape index (κ2) is 7.57. The summed E-state index contributed by atoms with van der Waals surface area (Å²) in [5, 5.41) is 42.7. The molecule has 0 bridgehead atoms. The quantitative estimate of drug-likeness (QED) is 0.402. The topological polar surface area (TPSA) is 98.0 Å². The third kappa shape index (κ3) is 3.01. The third-order valence-corrected chi connectivity index (χ3v) is 13.4. The Labute approximate surface area is 211 Å². The van der Waals surface area contributed by atoms with Crippen molar-refractivity contribution < 1.29 is 25.2 Å². The molecule has 0 spiro atoms. The average molecular weight is 489 g/mol. The van der Waals surface area contributed by atoms with E-state index < -0.39 is 29.0 Å². The van der Waals surface area contributed by atoms with E-state index in [1.807, 2.05) is 0 Å². The standard InChI is InChI=1S/C30H48O5/c1-25(2)15-19-18-7-8-21-26(3)11-10-22(32)27(4,17-31)20(26)9-12-29(21,6)28(18,5)13-14-30(19,24(34)35)16-23(25)33/h7,19-23,31-33H,8-17H2,1-6H3,(H,34,35)/t19-,20+,21+,22-,23-,26-,27-,28+,29+,30+/m0/s1. The number of carboxylic acid groups (broad SMARTS) is 1.